The summed E-state index contributed by atoms with van der Waals surface area (Å²) in [6.07, 6.45) is 0. The van der Waals surface area contributed by atoms with E-state index in [-0.39, 0.29) is 27.6 Å². The summed E-state index contributed by atoms with van der Waals surface area (Å²) in [5.74, 6) is 0.827. The Morgan fingerprint density at radius 3 is 1.20 bits per heavy atom. The lowest BCUT2D eigenvalue weighted by molar-refractivity contribution is 0.280. The molecule has 1 aliphatic heterocycles. The van der Waals surface area contributed by atoms with Gasteiger partial charge in [-0.05, 0) is 32.8 Å². The Kier molecular flexibility index (Phi) is 6.66. The van der Waals surface area contributed by atoms with Gasteiger partial charge in [-0.25, -0.2) is 4.57 Å². The Balaban J connectivity index is 2.51. The summed E-state index contributed by atoms with van der Waals surface area (Å²) in [4.78, 5) is 11.0. The minimum Gasteiger partial charge on any atom is -0.395 e. The van der Waals surface area contributed by atoms with E-state index in [2.05, 4.69) is 114 Å². The first-order chi connectivity index (χ1) is 15.5. The average molecular weight is 501 g/mol. The molecule has 194 valence electrons. The third kappa shape index (κ3) is 5.65. The van der Waals surface area contributed by atoms with Crippen LogP contribution in [0.4, 0.5) is 0 Å². The fourth-order valence-corrected chi connectivity index (χ4v) is 5.45. The molecular weight excluding hydrogens is 455 g/mol. The molecule has 0 saturated heterocycles. The van der Waals surface area contributed by atoms with Gasteiger partial charge in [0.05, 0.1) is 0 Å². The zero-order chi connectivity index (χ0) is 26.9. The van der Waals surface area contributed by atoms with Gasteiger partial charge in [-0.2, -0.15) is 0 Å². The van der Waals surface area contributed by atoms with Crippen LogP contribution in [0.1, 0.15) is 129 Å². The number of fused-ring (bicyclic) bond motifs is 2. The third-order valence-corrected chi connectivity index (χ3v) is 7.76. The molecular formula is C30H45O4P. The number of rotatable bonds is 0. The predicted molar refractivity (Wildman–Crippen MR) is 146 cm³/mol. The van der Waals surface area contributed by atoms with Crippen LogP contribution >= 0.6 is 7.82 Å². The molecule has 0 spiro atoms. The molecule has 0 atom stereocenters. The molecule has 1 heterocycles. The molecule has 0 fully saturated rings. The van der Waals surface area contributed by atoms with Crippen LogP contribution in [-0.2, 0) is 26.2 Å². The quantitative estimate of drug-likeness (QED) is 0.367. The molecule has 1 N–H and O–H groups in total. The molecule has 0 saturated carbocycles. The Morgan fingerprint density at radius 2 is 0.943 bits per heavy atom. The van der Waals surface area contributed by atoms with Gasteiger partial charge in [-0.15, -0.1) is 0 Å². The van der Waals surface area contributed by atoms with Crippen LogP contribution < -0.4 is 9.05 Å². The lowest BCUT2D eigenvalue weighted by Gasteiger charge is -2.35. The SMILES string of the molecule is CC1c2cc(C(C)(C)C)cc(C(C)(C)C)c2OP(=O)(O)Oc2c1cc(C(C)(C)C)cc2C(C)(C)C. The second kappa shape index (κ2) is 8.38. The molecule has 5 heteroatoms. The van der Waals surface area contributed by atoms with Crippen molar-refractivity contribution in [3.63, 3.8) is 0 Å². The summed E-state index contributed by atoms with van der Waals surface area (Å²) in [7, 11) is -4.45. The highest BCUT2D eigenvalue weighted by atomic mass is 31.2. The molecule has 0 bridgehead atoms. The van der Waals surface area contributed by atoms with Crippen LogP contribution in [0, 0.1) is 0 Å². The molecule has 0 aliphatic carbocycles. The minimum atomic E-state index is -4.45. The number of phosphoric acid groups is 1. The van der Waals surface area contributed by atoms with Crippen molar-refractivity contribution in [2.24, 2.45) is 0 Å². The lowest BCUT2D eigenvalue weighted by atomic mass is 9.74. The van der Waals surface area contributed by atoms with E-state index in [9.17, 15) is 9.46 Å². The van der Waals surface area contributed by atoms with Gasteiger partial charge in [-0.3, -0.25) is 4.89 Å². The van der Waals surface area contributed by atoms with Crippen LogP contribution in [0.5, 0.6) is 11.5 Å². The second-order valence-corrected chi connectivity index (χ2v) is 15.6. The molecule has 0 aromatic heterocycles. The zero-order valence-electron chi connectivity index (χ0n) is 24.0. The van der Waals surface area contributed by atoms with Crippen molar-refractivity contribution in [2.75, 3.05) is 0 Å². The maximum absolute atomic E-state index is 13.5. The molecule has 2 aromatic rings. The number of benzene rings is 2. The smallest absolute Gasteiger partial charge is 0.395 e. The molecule has 0 radical (unpaired) electrons. The zero-order valence-corrected chi connectivity index (χ0v) is 24.9. The van der Waals surface area contributed by atoms with Crippen molar-refractivity contribution < 1.29 is 18.5 Å². The Bertz CT molecular complexity index is 1090. The van der Waals surface area contributed by atoms with Crippen LogP contribution in [0.2, 0.25) is 0 Å². The van der Waals surface area contributed by atoms with Crippen LogP contribution in [0.25, 0.3) is 0 Å². The molecule has 4 nitrogen and oxygen atoms in total. The molecule has 35 heavy (non-hydrogen) atoms. The van der Waals surface area contributed by atoms with Crippen molar-refractivity contribution in [1.82, 2.24) is 0 Å². The summed E-state index contributed by atoms with van der Waals surface area (Å²) in [6.45, 7) is 27.9. The van der Waals surface area contributed by atoms with E-state index in [1.165, 1.54) is 11.1 Å². The maximum atomic E-state index is 13.5. The van der Waals surface area contributed by atoms with Crippen LogP contribution in [0.15, 0.2) is 24.3 Å². The number of phosphoric ester groups is 1. The summed E-state index contributed by atoms with van der Waals surface area (Å²) in [6, 6.07) is 8.57. The van der Waals surface area contributed by atoms with Crippen molar-refractivity contribution >= 4 is 7.82 Å². The van der Waals surface area contributed by atoms with E-state index < -0.39 is 7.82 Å². The topological polar surface area (TPSA) is 55.8 Å². The largest absolute Gasteiger partial charge is 0.584 e. The number of hydrogen-bond donors (Lipinski definition) is 1. The van der Waals surface area contributed by atoms with Crippen LogP contribution in [-0.4, -0.2) is 4.89 Å². The summed E-state index contributed by atoms with van der Waals surface area (Å²) in [5, 5.41) is 0. The highest BCUT2D eigenvalue weighted by molar-refractivity contribution is 7.48. The first-order valence-corrected chi connectivity index (χ1v) is 14.1. The summed E-state index contributed by atoms with van der Waals surface area (Å²) in [5.41, 5.74) is 5.25. The highest BCUT2D eigenvalue weighted by Crippen LogP contribution is 2.57. The van der Waals surface area contributed by atoms with Crippen molar-refractivity contribution in [1.29, 1.82) is 0 Å². The fraction of sp³-hybridized carbons (Fsp3) is 0.600. The summed E-state index contributed by atoms with van der Waals surface area (Å²) >= 11 is 0. The van der Waals surface area contributed by atoms with Gasteiger partial charge < -0.3 is 9.05 Å². The van der Waals surface area contributed by atoms with E-state index in [1.54, 1.807) is 0 Å². The molecule has 0 amide bonds. The normalized spacial score (nSPS) is 21.3. The van der Waals surface area contributed by atoms with Gasteiger partial charge in [0.15, 0.2) is 0 Å². The molecule has 1 aliphatic rings. The van der Waals surface area contributed by atoms with Crippen molar-refractivity contribution in [2.45, 2.75) is 118 Å². The molecule has 3 rings (SSSR count). The summed E-state index contributed by atoms with van der Waals surface area (Å²) < 4.78 is 25.3. The standard InChI is InChI=1S/C30H45O4P/c1-18-21-14-19(27(2,3)4)16-23(29(8,9)10)25(21)33-35(31,32)34-26-22(18)15-20(28(5,6)7)17-24(26)30(11,12)13/h14-18H,1-13H3,(H,31,32). The molecule has 0 unspecified atom stereocenters. The van der Waals surface area contributed by atoms with Gasteiger partial charge in [0.2, 0.25) is 0 Å². The highest BCUT2D eigenvalue weighted by Gasteiger charge is 2.40. The van der Waals surface area contributed by atoms with Gasteiger partial charge in [0, 0.05) is 28.2 Å². The number of hydrogen-bond acceptors (Lipinski definition) is 3. The Labute approximate surface area is 213 Å². The monoisotopic (exact) mass is 500 g/mol. The van der Waals surface area contributed by atoms with E-state index in [0.717, 1.165) is 22.3 Å². The van der Waals surface area contributed by atoms with Gasteiger partial charge in [0.1, 0.15) is 11.5 Å². The average Bonchev–Trinajstić information content (AvgIpc) is 2.62. The fourth-order valence-electron chi connectivity index (χ4n) is 4.55. The van der Waals surface area contributed by atoms with Crippen LogP contribution in [0.3, 0.4) is 0 Å². The minimum absolute atomic E-state index is 0.0941. The van der Waals surface area contributed by atoms with E-state index in [4.69, 9.17) is 9.05 Å². The Hall–Kier alpha value is -1.77. The van der Waals surface area contributed by atoms with Crippen molar-refractivity contribution in [3.05, 3.63) is 57.6 Å². The maximum Gasteiger partial charge on any atom is 0.584 e. The Morgan fingerprint density at radius 1 is 0.629 bits per heavy atom. The van der Waals surface area contributed by atoms with E-state index >= 15 is 0 Å². The van der Waals surface area contributed by atoms with Gasteiger partial charge in [-0.1, -0.05) is 114 Å². The van der Waals surface area contributed by atoms with Gasteiger partial charge in [0.25, 0.3) is 0 Å². The predicted octanol–water partition coefficient (Wildman–Crippen LogP) is 8.90. The second-order valence-electron chi connectivity index (χ2n) is 14.3. The first-order valence-electron chi connectivity index (χ1n) is 12.6. The first kappa shape index (κ1) is 27.8. The van der Waals surface area contributed by atoms with E-state index in [0.29, 0.717) is 11.5 Å². The van der Waals surface area contributed by atoms with E-state index in [1.807, 2.05) is 0 Å². The lowest BCUT2D eigenvalue weighted by Crippen LogP contribution is -2.23. The van der Waals surface area contributed by atoms with Gasteiger partial charge >= 0.3 is 7.82 Å². The molecule has 2 aromatic carbocycles. The van der Waals surface area contributed by atoms with Crippen molar-refractivity contribution in [3.8, 4) is 11.5 Å². The third-order valence-electron chi connectivity index (χ3n) is 6.93.